The first-order chi connectivity index (χ1) is 5.55. The molecule has 0 saturated carbocycles. The fraction of sp³-hybridized carbons (Fsp3) is 0. The number of primary sulfonamides is 1. The van der Waals surface area contributed by atoms with Crippen molar-refractivity contribution in [1.29, 1.82) is 0 Å². The molecule has 1 aromatic heterocycles. The van der Waals surface area contributed by atoms with Gasteiger partial charge < -0.3 is 0 Å². The van der Waals surface area contributed by atoms with Crippen molar-refractivity contribution in [1.82, 2.24) is 4.98 Å². The summed E-state index contributed by atoms with van der Waals surface area (Å²) in [4.78, 5) is 3.60. The van der Waals surface area contributed by atoms with Gasteiger partial charge in [-0.25, -0.2) is 13.6 Å². The Kier molecular flexibility index (Phi) is 2.13. The van der Waals surface area contributed by atoms with Gasteiger partial charge in [0.1, 0.15) is 4.90 Å². The summed E-state index contributed by atoms with van der Waals surface area (Å²) in [6.07, 6.45) is 7.63. The zero-order chi connectivity index (χ0) is 9.19. The van der Waals surface area contributed by atoms with Gasteiger partial charge in [0.15, 0.2) is 0 Å². The monoisotopic (exact) mass is 182 g/mol. The van der Waals surface area contributed by atoms with Crippen LogP contribution >= 0.6 is 0 Å². The van der Waals surface area contributed by atoms with Crippen molar-refractivity contribution in [2.24, 2.45) is 5.14 Å². The van der Waals surface area contributed by atoms with E-state index in [1.807, 2.05) is 0 Å². The molecule has 0 unspecified atom stereocenters. The minimum Gasteiger partial charge on any atom is -0.263 e. The van der Waals surface area contributed by atoms with Crippen LogP contribution in [0.3, 0.4) is 0 Å². The van der Waals surface area contributed by atoms with Crippen LogP contribution in [0.5, 0.6) is 0 Å². The average Bonchev–Trinajstić information content (AvgIpc) is 2.03. The van der Waals surface area contributed by atoms with Crippen molar-refractivity contribution >= 4 is 10.0 Å². The number of hydrogen-bond acceptors (Lipinski definition) is 3. The lowest BCUT2D eigenvalue weighted by molar-refractivity contribution is 0.597. The van der Waals surface area contributed by atoms with Gasteiger partial charge in [-0.3, -0.25) is 4.98 Å². The second-order valence-electron chi connectivity index (χ2n) is 2.06. The number of terminal acetylenes is 1. The number of nitrogens with zero attached hydrogens (tertiary/aromatic N) is 1. The Hall–Kier alpha value is -1.38. The van der Waals surface area contributed by atoms with Crippen LogP contribution < -0.4 is 5.14 Å². The predicted molar refractivity (Wildman–Crippen MR) is 43.5 cm³/mol. The van der Waals surface area contributed by atoms with Crippen molar-refractivity contribution in [3.8, 4) is 12.3 Å². The molecule has 12 heavy (non-hydrogen) atoms. The summed E-state index contributed by atoms with van der Waals surface area (Å²) in [5.41, 5.74) is 0.181. The third-order valence-corrected chi connectivity index (χ3v) is 2.21. The number of sulfonamides is 1. The molecule has 0 bridgehead atoms. The molecule has 0 radical (unpaired) electrons. The van der Waals surface area contributed by atoms with Gasteiger partial charge in [-0.15, -0.1) is 6.42 Å². The number of nitrogens with two attached hydrogens (primary N) is 1. The van der Waals surface area contributed by atoms with E-state index in [4.69, 9.17) is 11.6 Å². The van der Waals surface area contributed by atoms with E-state index in [0.29, 0.717) is 0 Å². The molecule has 0 aliphatic rings. The first-order valence-corrected chi connectivity index (χ1v) is 4.54. The van der Waals surface area contributed by atoms with E-state index in [-0.39, 0.29) is 10.5 Å². The van der Waals surface area contributed by atoms with Gasteiger partial charge in [-0.05, 0) is 6.07 Å². The average molecular weight is 182 g/mol. The highest BCUT2D eigenvalue weighted by Gasteiger charge is 2.11. The number of pyridine rings is 1. The molecule has 1 aromatic rings. The van der Waals surface area contributed by atoms with Gasteiger partial charge in [0.25, 0.3) is 0 Å². The molecule has 5 heteroatoms. The van der Waals surface area contributed by atoms with Crippen LogP contribution in [-0.4, -0.2) is 13.4 Å². The lowest BCUT2D eigenvalue weighted by Gasteiger charge is -1.98. The Balaban J connectivity index is 3.47. The third-order valence-electron chi connectivity index (χ3n) is 1.24. The summed E-state index contributed by atoms with van der Waals surface area (Å²) in [6, 6.07) is 1.27. The smallest absolute Gasteiger partial charge is 0.239 e. The van der Waals surface area contributed by atoms with E-state index in [1.54, 1.807) is 0 Å². The summed E-state index contributed by atoms with van der Waals surface area (Å²) >= 11 is 0. The normalized spacial score (nSPS) is 10.7. The molecule has 0 fully saturated rings. The fourth-order valence-electron chi connectivity index (χ4n) is 0.738. The van der Waals surface area contributed by atoms with Crippen LogP contribution in [0, 0.1) is 12.3 Å². The van der Waals surface area contributed by atoms with E-state index < -0.39 is 10.0 Å². The van der Waals surface area contributed by atoms with Crippen molar-refractivity contribution < 1.29 is 8.42 Å². The quantitative estimate of drug-likeness (QED) is 0.606. The topological polar surface area (TPSA) is 73.0 Å². The molecule has 1 heterocycles. The van der Waals surface area contributed by atoms with Gasteiger partial charge in [0.05, 0.1) is 5.56 Å². The third kappa shape index (κ3) is 1.61. The summed E-state index contributed by atoms with van der Waals surface area (Å²) < 4.78 is 21.7. The second-order valence-corrected chi connectivity index (χ2v) is 3.59. The molecular weight excluding hydrogens is 176 g/mol. The maximum absolute atomic E-state index is 10.9. The Morgan fingerprint density at radius 3 is 2.67 bits per heavy atom. The van der Waals surface area contributed by atoms with Crippen molar-refractivity contribution in [3.63, 3.8) is 0 Å². The first-order valence-electron chi connectivity index (χ1n) is 2.99. The second kappa shape index (κ2) is 2.93. The Labute approximate surface area is 70.5 Å². The minimum absolute atomic E-state index is 0.0694. The van der Waals surface area contributed by atoms with Crippen LogP contribution in [0.2, 0.25) is 0 Å². The maximum atomic E-state index is 10.9. The molecule has 0 atom stereocenters. The van der Waals surface area contributed by atoms with Gasteiger partial charge >= 0.3 is 0 Å². The van der Waals surface area contributed by atoms with E-state index in [0.717, 1.165) is 0 Å². The van der Waals surface area contributed by atoms with Crippen LogP contribution in [0.4, 0.5) is 0 Å². The Morgan fingerprint density at radius 1 is 1.58 bits per heavy atom. The highest BCUT2D eigenvalue weighted by molar-refractivity contribution is 7.89. The van der Waals surface area contributed by atoms with Crippen LogP contribution in [-0.2, 0) is 10.0 Å². The van der Waals surface area contributed by atoms with Gasteiger partial charge in [0, 0.05) is 12.4 Å². The Bertz CT molecular complexity index is 431. The van der Waals surface area contributed by atoms with Crippen molar-refractivity contribution in [2.75, 3.05) is 0 Å². The molecule has 2 N–H and O–H groups in total. The first kappa shape index (κ1) is 8.71. The molecule has 0 aliphatic carbocycles. The zero-order valence-electron chi connectivity index (χ0n) is 6.06. The summed E-state index contributed by atoms with van der Waals surface area (Å²) in [6.45, 7) is 0. The van der Waals surface area contributed by atoms with Crippen LogP contribution in [0.25, 0.3) is 0 Å². The van der Waals surface area contributed by atoms with E-state index in [2.05, 4.69) is 10.9 Å². The molecule has 0 aromatic carbocycles. The summed E-state index contributed by atoms with van der Waals surface area (Å²) in [7, 11) is -3.73. The number of hydrogen-bond donors (Lipinski definition) is 1. The standard InChI is InChI=1S/C7H6N2O2S/c1-2-6-5-9-4-3-7(6)12(8,10)11/h1,3-5H,(H2,8,10,11). The maximum Gasteiger partial charge on any atom is 0.239 e. The number of aromatic nitrogens is 1. The van der Waals surface area contributed by atoms with Gasteiger partial charge in [-0.2, -0.15) is 0 Å². The highest BCUT2D eigenvalue weighted by atomic mass is 32.2. The summed E-state index contributed by atoms with van der Waals surface area (Å²) in [5, 5.41) is 4.88. The predicted octanol–water partition coefficient (Wildman–Crippen LogP) is -0.290. The summed E-state index contributed by atoms with van der Waals surface area (Å²) in [5.74, 6) is 2.18. The molecule has 0 amide bonds. The van der Waals surface area contributed by atoms with E-state index >= 15 is 0 Å². The lowest BCUT2D eigenvalue weighted by Crippen LogP contribution is -2.13. The molecule has 4 nitrogen and oxygen atoms in total. The zero-order valence-corrected chi connectivity index (χ0v) is 6.88. The molecule has 1 rings (SSSR count). The molecule has 62 valence electrons. The number of rotatable bonds is 1. The fourth-order valence-corrected chi connectivity index (χ4v) is 1.41. The van der Waals surface area contributed by atoms with Crippen LogP contribution in [0.1, 0.15) is 5.56 Å². The molecule has 0 saturated heterocycles. The minimum atomic E-state index is -3.73. The SMILES string of the molecule is C#Cc1cnccc1S(N)(=O)=O. The molecular formula is C7H6N2O2S. The van der Waals surface area contributed by atoms with Crippen molar-refractivity contribution in [2.45, 2.75) is 4.90 Å². The van der Waals surface area contributed by atoms with E-state index in [9.17, 15) is 8.42 Å². The Morgan fingerprint density at radius 2 is 2.25 bits per heavy atom. The van der Waals surface area contributed by atoms with Gasteiger partial charge in [0.2, 0.25) is 10.0 Å². The van der Waals surface area contributed by atoms with E-state index in [1.165, 1.54) is 18.5 Å². The van der Waals surface area contributed by atoms with Crippen molar-refractivity contribution in [3.05, 3.63) is 24.0 Å². The molecule has 0 spiro atoms. The highest BCUT2D eigenvalue weighted by Crippen LogP contribution is 2.09. The largest absolute Gasteiger partial charge is 0.263 e. The van der Waals surface area contributed by atoms with Crippen LogP contribution in [0.15, 0.2) is 23.4 Å². The van der Waals surface area contributed by atoms with Gasteiger partial charge in [-0.1, -0.05) is 5.92 Å². The molecule has 0 aliphatic heterocycles. The lowest BCUT2D eigenvalue weighted by atomic mass is 10.3.